The van der Waals surface area contributed by atoms with Gasteiger partial charge in [0.15, 0.2) is 11.5 Å². The average Bonchev–Trinajstić information content (AvgIpc) is 2.75. The first-order chi connectivity index (χ1) is 9.04. The van der Waals surface area contributed by atoms with Crippen molar-refractivity contribution in [2.45, 2.75) is 0 Å². The summed E-state index contributed by atoms with van der Waals surface area (Å²) in [6.07, 6.45) is 0. The minimum absolute atomic E-state index is 0.153. The smallest absolute Gasteiger partial charge is 0.352 e. The van der Waals surface area contributed by atoms with Crippen molar-refractivity contribution in [2.24, 2.45) is 7.05 Å². The largest absolute Gasteiger partial charge is 0.496 e. The molecule has 0 unspecified atom stereocenters. The predicted molar refractivity (Wildman–Crippen MR) is 69.5 cm³/mol. The summed E-state index contributed by atoms with van der Waals surface area (Å²) in [5.41, 5.74) is 0.774. The first-order valence-corrected chi connectivity index (χ1v) is 5.56. The molecular weight excluding hydrogens is 250 g/mol. The van der Waals surface area contributed by atoms with E-state index in [0.29, 0.717) is 28.2 Å². The Morgan fingerprint density at radius 1 is 1.11 bits per heavy atom. The molecule has 102 valence electrons. The van der Waals surface area contributed by atoms with Crippen molar-refractivity contribution in [3.8, 4) is 17.2 Å². The molecule has 19 heavy (non-hydrogen) atoms. The topological polar surface area (TPSA) is 69.9 Å². The van der Waals surface area contributed by atoms with E-state index in [2.05, 4.69) is 0 Å². The van der Waals surface area contributed by atoms with E-state index < -0.39 is 5.97 Å². The Hall–Kier alpha value is -2.37. The molecule has 0 saturated heterocycles. The maximum atomic E-state index is 11.2. The SMILES string of the molecule is COc1cc(OC)c2cc(C(=O)O)n(C)c2c1OC. The lowest BCUT2D eigenvalue weighted by Gasteiger charge is -2.13. The Labute approximate surface area is 110 Å². The summed E-state index contributed by atoms with van der Waals surface area (Å²) < 4.78 is 17.4. The number of hydrogen-bond acceptors (Lipinski definition) is 4. The van der Waals surface area contributed by atoms with Crippen LogP contribution in [0.15, 0.2) is 12.1 Å². The van der Waals surface area contributed by atoms with Crippen LogP contribution in [0, 0.1) is 0 Å². The van der Waals surface area contributed by atoms with Crippen LogP contribution in [-0.2, 0) is 7.05 Å². The second kappa shape index (κ2) is 4.72. The van der Waals surface area contributed by atoms with Crippen molar-refractivity contribution >= 4 is 16.9 Å². The number of nitrogens with zero attached hydrogens (tertiary/aromatic N) is 1. The van der Waals surface area contributed by atoms with Crippen LogP contribution in [0.2, 0.25) is 0 Å². The Morgan fingerprint density at radius 3 is 2.21 bits per heavy atom. The van der Waals surface area contributed by atoms with Crippen LogP contribution in [-0.4, -0.2) is 37.0 Å². The van der Waals surface area contributed by atoms with Gasteiger partial charge in [-0.15, -0.1) is 0 Å². The van der Waals surface area contributed by atoms with Crippen molar-refractivity contribution in [1.29, 1.82) is 0 Å². The molecule has 1 heterocycles. The fraction of sp³-hybridized carbons (Fsp3) is 0.308. The van der Waals surface area contributed by atoms with Gasteiger partial charge in [-0.25, -0.2) is 4.79 Å². The Bertz CT molecular complexity index is 644. The second-order valence-corrected chi connectivity index (χ2v) is 3.97. The maximum absolute atomic E-state index is 11.2. The van der Waals surface area contributed by atoms with Crippen LogP contribution in [0.4, 0.5) is 0 Å². The van der Waals surface area contributed by atoms with Crippen LogP contribution in [0.5, 0.6) is 17.2 Å². The predicted octanol–water partition coefficient (Wildman–Crippen LogP) is 1.90. The van der Waals surface area contributed by atoms with E-state index >= 15 is 0 Å². The van der Waals surface area contributed by atoms with Crippen molar-refractivity contribution < 1.29 is 24.1 Å². The third kappa shape index (κ3) is 1.85. The van der Waals surface area contributed by atoms with E-state index in [1.165, 1.54) is 21.3 Å². The quantitative estimate of drug-likeness (QED) is 0.914. The van der Waals surface area contributed by atoms with Gasteiger partial charge in [-0.05, 0) is 6.07 Å². The molecule has 1 N–H and O–H groups in total. The highest BCUT2D eigenvalue weighted by Crippen LogP contribution is 2.42. The summed E-state index contributed by atoms with van der Waals surface area (Å²) in [7, 11) is 6.21. The highest BCUT2D eigenvalue weighted by atomic mass is 16.5. The highest BCUT2D eigenvalue weighted by molar-refractivity contribution is 6.00. The lowest BCUT2D eigenvalue weighted by atomic mass is 10.2. The molecule has 0 aliphatic carbocycles. The summed E-state index contributed by atoms with van der Waals surface area (Å²) in [6, 6.07) is 3.23. The molecular formula is C13H15NO5. The lowest BCUT2D eigenvalue weighted by Crippen LogP contribution is -2.04. The maximum Gasteiger partial charge on any atom is 0.352 e. The monoisotopic (exact) mass is 265 g/mol. The van der Waals surface area contributed by atoms with Gasteiger partial charge in [-0.3, -0.25) is 0 Å². The van der Waals surface area contributed by atoms with Crippen LogP contribution >= 0.6 is 0 Å². The van der Waals surface area contributed by atoms with Crippen molar-refractivity contribution in [3.05, 3.63) is 17.8 Å². The summed E-state index contributed by atoms with van der Waals surface area (Å²) in [5.74, 6) is 0.496. The number of hydrogen-bond donors (Lipinski definition) is 1. The number of aromatic nitrogens is 1. The number of benzene rings is 1. The number of aromatic carboxylic acids is 1. The molecule has 2 rings (SSSR count). The highest BCUT2D eigenvalue weighted by Gasteiger charge is 2.21. The Balaban J connectivity index is 2.93. The lowest BCUT2D eigenvalue weighted by molar-refractivity contribution is 0.0687. The fourth-order valence-electron chi connectivity index (χ4n) is 2.17. The van der Waals surface area contributed by atoms with Gasteiger partial charge in [0.05, 0.1) is 26.8 Å². The first-order valence-electron chi connectivity index (χ1n) is 5.56. The van der Waals surface area contributed by atoms with E-state index in [1.54, 1.807) is 23.7 Å². The zero-order valence-corrected chi connectivity index (χ0v) is 11.2. The van der Waals surface area contributed by atoms with Crippen LogP contribution in [0.25, 0.3) is 10.9 Å². The average molecular weight is 265 g/mol. The molecule has 0 spiro atoms. The summed E-state index contributed by atoms with van der Waals surface area (Å²) >= 11 is 0. The molecule has 0 bridgehead atoms. The molecule has 2 aromatic rings. The van der Waals surface area contributed by atoms with Gasteiger partial charge in [0.2, 0.25) is 0 Å². The minimum atomic E-state index is -1.01. The number of aryl methyl sites for hydroxylation is 1. The third-order valence-electron chi connectivity index (χ3n) is 3.06. The molecule has 1 aromatic heterocycles. The molecule has 0 saturated carbocycles. The number of carboxylic acids is 1. The number of carboxylic acid groups (broad SMARTS) is 1. The summed E-state index contributed by atoms with van der Waals surface area (Å²) in [4.78, 5) is 11.2. The number of methoxy groups -OCH3 is 3. The Kier molecular flexibility index (Phi) is 3.25. The zero-order valence-electron chi connectivity index (χ0n) is 11.2. The zero-order chi connectivity index (χ0) is 14.2. The minimum Gasteiger partial charge on any atom is -0.496 e. The van der Waals surface area contributed by atoms with Crippen LogP contribution < -0.4 is 14.2 Å². The van der Waals surface area contributed by atoms with Crippen molar-refractivity contribution in [1.82, 2.24) is 4.57 Å². The normalized spacial score (nSPS) is 10.5. The molecule has 0 atom stereocenters. The number of ether oxygens (including phenoxy) is 3. The molecule has 6 nitrogen and oxygen atoms in total. The van der Waals surface area contributed by atoms with E-state index in [9.17, 15) is 9.90 Å². The molecule has 0 aliphatic heterocycles. The van der Waals surface area contributed by atoms with Gasteiger partial charge in [0, 0.05) is 18.5 Å². The van der Waals surface area contributed by atoms with Crippen molar-refractivity contribution in [2.75, 3.05) is 21.3 Å². The molecule has 6 heteroatoms. The van der Waals surface area contributed by atoms with Crippen LogP contribution in [0.3, 0.4) is 0 Å². The van der Waals surface area contributed by atoms with Gasteiger partial charge < -0.3 is 23.9 Å². The fourth-order valence-corrected chi connectivity index (χ4v) is 2.17. The first kappa shape index (κ1) is 13.1. The number of carbonyl (C=O) groups is 1. The van der Waals surface area contributed by atoms with E-state index in [0.717, 1.165) is 0 Å². The molecule has 0 fully saturated rings. The second-order valence-electron chi connectivity index (χ2n) is 3.97. The number of rotatable bonds is 4. The van der Waals surface area contributed by atoms with Crippen molar-refractivity contribution in [3.63, 3.8) is 0 Å². The van der Waals surface area contributed by atoms with E-state index in [4.69, 9.17) is 14.2 Å². The molecule has 0 aliphatic rings. The molecule has 0 amide bonds. The van der Waals surface area contributed by atoms with Crippen LogP contribution in [0.1, 0.15) is 10.5 Å². The summed E-state index contributed by atoms with van der Waals surface area (Å²) in [6.45, 7) is 0. The third-order valence-corrected chi connectivity index (χ3v) is 3.06. The Morgan fingerprint density at radius 2 is 1.74 bits per heavy atom. The van der Waals surface area contributed by atoms with Gasteiger partial charge in [0.25, 0.3) is 0 Å². The van der Waals surface area contributed by atoms with Gasteiger partial charge >= 0.3 is 5.97 Å². The molecule has 0 radical (unpaired) electrons. The van der Waals surface area contributed by atoms with E-state index in [-0.39, 0.29) is 5.69 Å². The van der Waals surface area contributed by atoms with Gasteiger partial charge in [-0.2, -0.15) is 0 Å². The van der Waals surface area contributed by atoms with Gasteiger partial charge in [-0.1, -0.05) is 0 Å². The standard InChI is InChI=1S/C13H15NO5/c1-14-8(13(15)16)5-7-9(17-2)6-10(18-3)12(19-4)11(7)14/h5-6H,1-4H3,(H,15,16). The summed E-state index contributed by atoms with van der Waals surface area (Å²) in [5, 5.41) is 9.85. The molecule has 1 aromatic carbocycles. The van der Waals surface area contributed by atoms with Gasteiger partial charge in [0.1, 0.15) is 11.4 Å². The van der Waals surface area contributed by atoms with E-state index in [1.807, 2.05) is 0 Å². The number of fused-ring (bicyclic) bond motifs is 1.